The second-order valence-electron chi connectivity index (χ2n) is 6.97. The number of nitrogens with one attached hydrogen (secondary N) is 1. The number of hydrogen-bond donors (Lipinski definition) is 1. The normalized spacial score (nSPS) is 14.5. The van der Waals surface area contributed by atoms with Crippen molar-refractivity contribution in [2.45, 2.75) is 13.8 Å². The van der Waals surface area contributed by atoms with Crippen LogP contribution in [0.2, 0.25) is 0 Å². The van der Waals surface area contributed by atoms with E-state index in [4.69, 9.17) is 9.47 Å². The number of ether oxygens (including phenoxy) is 2. The molecule has 2 aromatic carbocycles. The molecule has 8 nitrogen and oxygen atoms in total. The van der Waals surface area contributed by atoms with Crippen LogP contribution in [-0.2, 0) is 19.1 Å². The van der Waals surface area contributed by atoms with Crippen molar-refractivity contribution in [2.75, 3.05) is 25.1 Å². The molecule has 1 fully saturated rings. The number of rotatable bonds is 8. The zero-order valence-electron chi connectivity index (χ0n) is 17.9. The molecule has 10 heteroatoms. The number of aryl methyl sites for hydroxylation is 1. The highest BCUT2D eigenvalue weighted by Crippen LogP contribution is 2.33. The number of carbonyl (C=O) groups excluding carboxylic acids is 4. The Bertz CT molecular complexity index is 1120. The molecule has 1 aliphatic rings. The van der Waals surface area contributed by atoms with E-state index in [2.05, 4.69) is 21.2 Å². The number of halogens is 1. The minimum Gasteiger partial charge on any atom is -0.483 e. The molecule has 0 radical (unpaired) electrons. The Morgan fingerprint density at radius 3 is 2.55 bits per heavy atom. The minimum atomic E-state index is -0.642. The summed E-state index contributed by atoms with van der Waals surface area (Å²) >= 11 is 4.15. The largest absolute Gasteiger partial charge is 0.483 e. The summed E-state index contributed by atoms with van der Waals surface area (Å²) in [7, 11) is 0. The molecule has 0 atom stereocenters. The predicted octanol–water partition coefficient (Wildman–Crippen LogP) is 4.37. The molecule has 3 amide bonds. The quantitative estimate of drug-likeness (QED) is 0.397. The van der Waals surface area contributed by atoms with E-state index in [1.54, 1.807) is 31.2 Å². The molecular formula is C23H21BrN2O6S. The van der Waals surface area contributed by atoms with Crippen LogP contribution < -0.4 is 10.1 Å². The summed E-state index contributed by atoms with van der Waals surface area (Å²) in [6.07, 6.45) is 1.55. The first kappa shape index (κ1) is 24.5. The van der Waals surface area contributed by atoms with Gasteiger partial charge < -0.3 is 14.8 Å². The molecule has 0 spiro atoms. The number of imide groups is 1. The van der Waals surface area contributed by atoms with Gasteiger partial charge >= 0.3 is 5.97 Å². The number of nitrogens with zero attached hydrogens (tertiary/aromatic N) is 1. The fraction of sp³-hybridized carbons (Fsp3) is 0.217. The van der Waals surface area contributed by atoms with Gasteiger partial charge in [-0.2, -0.15) is 0 Å². The van der Waals surface area contributed by atoms with E-state index < -0.39 is 23.7 Å². The van der Waals surface area contributed by atoms with Crippen molar-refractivity contribution in [3.63, 3.8) is 0 Å². The molecule has 1 aliphatic heterocycles. The second-order valence-corrected chi connectivity index (χ2v) is 8.81. The number of benzene rings is 2. The van der Waals surface area contributed by atoms with Gasteiger partial charge in [0.25, 0.3) is 17.1 Å². The van der Waals surface area contributed by atoms with Crippen molar-refractivity contribution in [3.8, 4) is 5.75 Å². The standard InChI is InChI=1S/C23H21BrN2O6S/c1-3-31-21(28)12-26-22(29)19(33-23(26)30)11-15-6-9-18(17(24)10-15)32-13-20(27)25-16-7-4-14(2)5-8-16/h4-11H,3,12-13H2,1-2H3,(H,25,27)/b19-11+. The maximum absolute atomic E-state index is 12.5. The molecule has 1 heterocycles. The van der Waals surface area contributed by atoms with Gasteiger partial charge in [-0.3, -0.25) is 24.1 Å². The Kier molecular flexibility index (Phi) is 8.29. The molecule has 33 heavy (non-hydrogen) atoms. The molecule has 0 saturated carbocycles. The number of hydrogen-bond acceptors (Lipinski definition) is 7. The number of amides is 3. The van der Waals surface area contributed by atoms with Gasteiger partial charge in [-0.25, -0.2) is 0 Å². The highest BCUT2D eigenvalue weighted by molar-refractivity contribution is 9.10. The van der Waals surface area contributed by atoms with E-state index >= 15 is 0 Å². The molecule has 3 rings (SSSR count). The van der Waals surface area contributed by atoms with E-state index in [0.717, 1.165) is 22.2 Å². The third kappa shape index (κ3) is 6.69. The van der Waals surface area contributed by atoms with Crippen molar-refractivity contribution in [1.82, 2.24) is 4.90 Å². The first-order valence-electron chi connectivity index (χ1n) is 9.96. The van der Waals surface area contributed by atoms with Crippen molar-refractivity contribution < 1.29 is 28.7 Å². The van der Waals surface area contributed by atoms with Gasteiger partial charge in [0.2, 0.25) is 0 Å². The van der Waals surface area contributed by atoms with Gasteiger partial charge in [0.1, 0.15) is 12.3 Å². The predicted molar refractivity (Wildman–Crippen MR) is 129 cm³/mol. The summed E-state index contributed by atoms with van der Waals surface area (Å²) in [4.78, 5) is 49.4. The molecule has 0 unspecified atom stereocenters. The van der Waals surface area contributed by atoms with Crippen LogP contribution in [0.25, 0.3) is 6.08 Å². The fourth-order valence-corrected chi connectivity index (χ4v) is 4.17. The summed E-state index contributed by atoms with van der Waals surface area (Å²) in [5.74, 6) is -1.05. The molecule has 0 aliphatic carbocycles. The van der Waals surface area contributed by atoms with Gasteiger partial charge in [0.05, 0.1) is 16.0 Å². The molecular weight excluding hydrogens is 512 g/mol. The van der Waals surface area contributed by atoms with Crippen LogP contribution in [0.1, 0.15) is 18.1 Å². The van der Waals surface area contributed by atoms with E-state index in [0.29, 0.717) is 21.5 Å². The zero-order chi connectivity index (χ0) is 24.0. The maximum atomic E-state index is 12.5. The lowest BCUT2D eigenvalue weighted by atomic mass is 10.2. The highest BCUT2D eigenvalue weighted by Gasteiger charge is 2.36. The summed E-state index contributed by atoms with van der Waals surface area (Å²) in [6, 6.07) is 12.5. The number of carbonyl (C=O) groups is 4. The smallest absolute Gasteiger partial charge is 0.326 e. The van der Waals surface area contributed by atoms with E-state index in [1.807, 2.05) is 31.2 Å². The maximum Gasteiger partial charge on any atom is 0.326 e. The first-order valence-corrected chi connectivity index (χ1v) is 11.6. The molecule has 0 aromatic heterocycles. The summed E-state index contributed by atoms with van der Waals surface area (Å²) in [6.45, 7) is 3.17. The molecule has 1 N–H and O–H groups in total. The van der Waals surface area contributed by atoms with Crippen molar-refractivity contribution in [3.05, 3.63) is 63.0 Å². The monoisotopic (exact) mass is 532 g/mol. The van der Waals surface area contributed by atoms with Crippen LogP contribution in [-0.4, -0.2) is 47.7 Å². The van der Waals surface area contributed by atoms with Gasteiger partial charge in [-0.15, -0.1) is 0 Å². The van der Waals surface area contributed by atoms with Gasteiger partial charge in [-0.1, -0.05) is 23.8 Å². The number of anilines is 1. The Morgan fingerprint density at radius 1 is 1.15 bits per heavy atom. The second kappa shape index (κ2) is 11.2. The van der Waals surface area contributed by atoms with Crippen LogP contribution in [0.3, 0.4) is 0 Å². The third-order valence-corrected chi connectivity index (χ3v) is 5.94. The SMILES string of the molecule is CCOC(=O)CN1C(=O)S/C(=C/c2ccc(OCC(=O)Nc3ccc(C)cc3)c(Br)c2)C1=O. The van der Waals surface area contributed by atoms with Gasteiger partial charge in [0.15, 0.2) is 6.61 Å². The topological polar surface area (TPSA) is 102 Å². The minimum absolute atomic E-state index is 0.168. The Morgan fingerprint density at radius 2 is 1.88 bits per heavy atom. The molecule has 0 bridgehead atoms. The Labute approximate surface area is 203 Å². The highest BCUT2D eigenvalue weighted by atomic mass is 79.9. The summed E-state index contributed by atoms with van der Waals surface area (Å²) in [5, 5.41) is 2.22. The fourth-order valence-electron chi connectivity index (χ4n) is 2.82. The molecule has 1 saturated heterocycles. The summed E-state index contributed by atoms with van der Waals surface area (Å²) < 4.78 is 10.9. The Balaban J connectivity index is 1.60. The number of thioether (sulfide) groups is 1. The lowest BCUT2D eigenvalue weighted by Crippen LogP contribution is -2.34. The van der Waals surface area contributed by atoms with Gasteiger partial charge in [0, 0.05) is 5.69 Å². The average Bonchev–Trinajstić information content (AvgIpc) is 3.02. The van der Waals surface area contributed by atoms with E-state index in [-0.39, 0.29) is 24.0 Å². The third-order valence-electron chi connectivity index (χ3n) is 4.41. The van der Waals surface area contributed by atoms with Crippen molar-refractivity contribution in [2.24, 2.45) is 0 Å². The zero-order valence-corrected chi connectivity index (χ0v) is 20.3. The van der Waals surface area contributed by atoms with Crippen molar-refractivity contribution >= 4 is 62.5 Å². The van der Waals surface area contributed by atoms with Gasteiger partial charge in [-0.05, 0) is 77.4 Å². The van der Waals surface area contributed by atoms with Crippen LogP contribution in [0.4, 0.5) is 10.5 Å². The molecule has 2 aromatic rings. The van der Waals surface area contributed by atoms with Crippen molar-refractivity contribution in [1.29, 1.82) is 0 Å². The lowest BCUT2D eigenvalue weighted by Gasteiger charge is -2.11. The van der Waals surface area contributed by atoms with Crippen LogP contribution in [0.5, 0.6) is 5.75 Å². The Hall–Kier alpha value is -3.11. The van der Waals surface area contributed by atoms with E-state index in [1.165, 1.54) is 0 Å². The first-order chi connectivity index (χ1) is 15.8. The lowest BCUT2D eigenvalue weighted by molar-refractivity contribution is -0.146. The van der Waals surface area contributed by atoms with Crippen LogP contribution in [0.15, 0.2) is 51.8 Å². The van der Waals surface area contributed by atoms with Crippen LogP contribution in [0, 0.1) is 6.92 Å². The summed E-state index contributed by atoms with van der Waals surface area (Å²) in [5.41, 5.74) is 2.41. The average molecular weight is 533 g/mol. The van der Waals surface area contributed by atoms with Crippen LogP contribution >= 0.6 is 27.7 Å². The van der Waals surface area contributed by atoms with E-state index in [9.17, 15) is 19.2 Å². The number of esters is 1. The molecule has 172 valence electrons.